The van der Waals surface area contributed by atoms with Crippen LogP contribution in [0.2, 0.25) is 0 Å². The number of hydrogen-bond donors (Lipinski definition) is 2. The number of aliphatic hydroxyl groups excluding tert-OH is 1. The average molecular weight is 633 g/mol. The van der Waals surface area contributed by atoms with Gasteiger partial charge in [0.05, 0.1) is 24.7 Å². The number of alkyl halides is 1. The number of hydrogen-bond acceptors (Lipinski definition) is 10. The SMILES string of the molecule is C[C@]1(F)C(n2ccc(=O)[nH]c2=O)OC(COP(=O)(OCCCS(=O)(=O)CCCCC2CCC2)Oc2ccccc2)[C@H]1O. The van der Waals surface area contributed by atoms with Crippen LogP contribution in [0.3, 0.4) is 0 Å². The van der Waals surface area contributed by atoms with Crippen molar-refractivity contribution in [2.75, 3.05) is 24.7 Å². The maximum Gasteiger partial charge on any atom is 0.530 e. The molecule has 1 saturated carbocycles. The number of sulfone groups is 1. The van der Waals surface area contributed by atoms with Crippen molar-refractivity contribution in [1.29, 1.82) is 0 Å². The first kappa shape index (κ1) is 32.6. The Hall–Kier alpha value is -2.35. The van der Waals surface area contributed by atoms with Crippen LogP contribution >= 0.6 is 7.82 Å². The predicted octanol–water partition coefficient (Wildman–Crippen LogP) is 3.52. The van der Waals surface area contributed by atoms with E-state index in [4.69, 9.17) is 18.3 Å². The van der Waals surface area contributed by atoms with Crippen LogP contribution in [0.4, 0.5) is 4.39 Å². The van der Waals surface area contributed by atoms with Crippen molar-refractivity contribution in [2.45, 2.75) is 76.0 Å². The van der Waals surface area contributed by atoms with E-state index in [9.17, 15) is 27.7 Å². The molecule has 15 heteroatoms. The molecule has 0 bridgehead atoms. The normalized spacial score (nSPS) is 26.0. The smallest absolute Gasteiger partial charge is 0.404 e. The third-order valence-corrected chi connectivity index (χ3v) is 10.8. The van der Waals surface area contributed by atoms with E-state index in [1.165, 1.54) is 31.4 Å². The van der Waals surface area contributed by atoms with Crippen molar-refractivity contribution in [1.82, 2.24) is 9.55 Å². The van der Waals surface area contributed by atoms with Crippen molar-refractivity contribution < 1.29 is 40.8 Å². The van der Waals surface area contributed by atoms with E-state index < -0.39 is 59.6 Å². The number of aromatic nitrogens is 2. The van der Waals surface area contributed by atoms with Crippen LogP contribution in [0.15, 0.2) is 52.2 Å². The Kier molecular flexibility index (Phi) is 10.8. The third kappa shape index (κ3) is 8.61. The minimum Gasteiger partial charge on any atom is -0.404 e. The zero-order valence-electron chi connectivity index (χ0n) is 23.4. The number of halogens is 1. The first-order valence-electron chi connectivity index (χ1n) is 14.1. The topological polar surface area (TPSA) is 163 Å². The summed E-state index contributed by atoms with van der Waals surface area (Å²) in [5, 5.41) is 10.6. The molecular weight excluding hydrogens is 594 g/mol. The maximum atomic E-state index is 15.5. The number of aromatic amines is 1. The second-order valence-corrected chi connectivity index (χ2v) is 14.8. The summed E-state index contributed by atoms with van der Waals surface area (Å²) >= 11 is 0. The molecular formula is C27H38FN2O10PS. The molecule has 1 aromatic carbocycles. The van der Waals surface area contributed by atoms with Crippen molar-refractivity contribution in [3.05, 3.63) is 63.4 Å². The maximum absolute atomic E-state index is 15.5. The second kappa shape index (κ2) is 14.0. The lowest BCUT2D eigenvalue weighted by Crippen LogP contribution is -2.43. The lowest BCUT2D eigenvalue weighted by atomic mass is 9.82. The summed E-state index contributed by atoms with van der Waals surface area (Å²) in [7, 11) is -7.74. The highest BCUT2D eigenvalue weighted by Gasteiger charge is 2.56. The number of nitrogens with one attached hydrogen (secondary N) is 1. The Morgan fingerprint density at radius 3 is 2.50 bits per heavy atom. The fraction of sp³-hybridized carbons (Fsp3) is 0.630. The van der Waals surface area contributed by atoms with Gasteiger partial charge in [-0.25, -0.2) is 22.2 Å². The third-order valence-electron chi connectivity index (χ3n) is 7.57. The van der Waals surface area contributed by atoms with Crippen LogP contribution < -0.4 is 15.8 Å². The molecule has 2 aromatic rings. The van der Waals surface area contributed by atoms with Gasteiger partial charge in [0.1, 0.15) is 27.8 Å². The highest BCUT2D eigenvalue weighted by atomic mass is 32.2. The molecule has 5 atom stereocenters. The molecule has 0 radical (unpaired) electrons. The van der Waals surface area contributed by atoms with E-state index in [1.54, 1.807) is 18.2 Å². The van der Waals surface area contributed by atoms with Gasteiger partial charge in [-0.3, -0.25) is 23.4 Å². The minimum atomic E-state index is -4.41. The molecule has 1 saturated heterocycles. The van der Waals surface area contributed by atoms with Gasteiger partial charge >= 0.3 is 13.5 Å². The lowest BCUT2D eigenvalue weighted by molar-refractivity contribution is -0.0609. The van der Waals surface area contributed by atoms with Crippen molar-refractivity contribution >= 4 is 17.7 Å². The van der Waals surface area contributed by atoms with Crippen LogP contribution in [0.5, 0.6) is 5.75 Å². The number of phosphoric ester groups is 1. The number of phosphoric acid groups is 1. The van der Waals surface area contributed by atoms with Crippen molar-refractivity contribution in [3.8, 4) is 5.75 Å². The van der Waals surface area contributed by atoms with E-state index in [0.717, 1.165) is 42.5 Å². The Bertz CT molecular complexity index is 1440. The summed E-state index contributed by atoms with van der Waals surface area (Å²) in [6.45, 7) is 0.0959. The summed E-state index contributed by atoms with van der Waals surface area (Å²) in [6.07, 6.45) is 2.47. The number of benzene rings is 1. The first-order valence-corrected chi connectivity index (χ1v) is 17.3. The molecule has 2 aliphatic rings. The van der Waals surface area contributed by atoms with Gasteiger partial charge in [0, 0.05) is 12.3 Å². The Balaban J connectivity index is 1.34. The second-order valence-electron chi connectivity index (χ2n) is 10.9. The molecule has 0 spiro atoms. The molecule has 1 aliphatic heterocycles. The Morgan fingerprint density at radius 1 is 1.12 bits per heavy atom. The van der Waals surface area contributed by atoms with E-state index in [1.807, 2.05) is 4.98 Å². The summed E-state index contributed by atoms with van der Waals surface area (Å²) in [6, 6.07) is 8.98. The zero-order valence-corrected chi connectivity index (χ0v) is 25.1. The predicted molar refractivity (Wildman–Crippen MR) is 152 cm³/mol. The summed E-state index contributed by atoms with van der Waals surface area (Å²) in [5.41, 5.74) is -4.13. The van der Waals surface area contributed by atoms with E-state index in [2.05, 4.69) is 0 Å². The fourth-order valence-corrected chi connectivity index (χ4v) is 7.57. The number of rotatable bonds is 16. The van der Waals surface area contributed by atoms with Crippen LogP contribution in [-0.2, 0) is 28.2 Å². The van der Waals surface area contributed by atoms with Gasteiger partial charge in [-0.15, -0.1) is 0 Å². The van der Waals surface area contributed by atoms with E-state index in [0.29, 0.717) is 6.42 Å². The standard InChI is InChI=1S/C27H38FN2O10PS/c1-27(28)24(32)22(39-25(27)30-15-14-23(31)29-26(30)33)19-38-41(34,40-21-12-3-2-4-13-21)37-16-8-18-42(35,36)17-6-5-9-20-10-7-11-20/h2-4,12-15,20,22,24-25,32H,5-11,16-19H2,1H3,(H,29,31,33)/t22?,24-,25?,27-,41?/m1/s1. The number of ether oxygens (including phenoxy) is 1. The number of para-hydroxylation sites is 1. The molecule has 1 aromatic heterocycles. The molecule has 2 heterocycles. The van der Waals surface area contributed by atoms with Gasteiger partial charge in [0.15, 0.2) is 11.9 Å². The molecule has 4 rings (SSSR count). The molecule has 2 N–H and O–H groups in total. The lowest BCUT2D eigenvalue weighted by Gasteiger charge is -2.24. The van der Waals surface area contributed by atoms with Crippen LogP contribution in [0.1, 0.15) is 58.1 Å². The highest BCUT2D eigenvalue weighted by molar-refractivity contribution is 7.91. The van der Waals surface area contributed by atoms with E-state index >= 15 is 4.39 Å². The number of nitrogens with zero attached hydrogens (tertiary/aromatic N) is 1. The summed E-state index contributed by atoms with van der Waals surface area (Å²) in [4.78, 5) is 25.6. The van der Waals surface area contributed by atoms with E-state index in [-0.39, 0.29) is 30.3 Å². The Morgan fingerprint density at radius 2 is 1.83 bits per heavy atom. The van der Waals surface area contributed by atoms with Gasteiger partial charge in [-0.1, -0.05) is 50.3 Å². The number of H-pyrrole nitrogens is 1. The minimum absolute atomic E-state index is 0.0404. The van der Waals surface area contributed by atoms with Crippen LogP contribution in [-0.4, -0.2) is 65.7 Å². The molecule has 0 amide bonds. The van der Waals surface area contributed by atoms with Crippen molar-refractivity contribution in [2.24, 2.45) is 5.92 Å². The summed E-state index contributed by atoms with van der Waals surface area (Å²) < 4.78 is 76.6. The molecule has 2 fully saturated rings. The number of aliphatic hydroxyl groups is 1. The van der Waals surface area contributed by atoms with Gasteiger partial charge in [0.2, 0.25) is 0 Å². The zero-order chi connectivity index (χ0) is 30.4. The molecule has 3 unspecified atom stereocenters. The molecule has 42 heavy (non-hydrogen) atoms. The van der Waals surface area contributed by atoms with Gasteiger partial charge in [-0.05, 0) is 37.8 Å². The van der Waals surface area contributed by atoms with Crippen LogP contribution in [0.25, 0.3) is 0 Å². The van der Waals surface area contributed by atoms with Gasteiger partial charge in [0.25, 0.3) is 5.56 Å². The number of unbranched alkanes of at least 4 members (excludes halogenated alkanes) is 1. The Labute approximate surface area is 243 Å². The monoisotopic (exact) mass is 632 g/mol. The molecule has 1 aliphatic carbocycles. The van der Waals surface area contributed by atoms with Gasteiger partial charge < -0.3 is 14.4 Å². The largest absolute Gasteiger partial charge is 0.530 e. The quantitative estimate of drug-likeness (QED) is 0.207. The van der Waals surface area contributed by atoms with Gasteiger partial charge in [-0.2, -0.15) is 0 Å². The fourth-order valence-electron chi connectivity index (χ4n) is 4.92. The van der Waals surface area contributed by atoms with Crippen molar-refractivity contribution in [3.63, 3.8) is 0 Å². The molecule has 12 nitrogen and oxygen atoms in total. The van der Waals surface area contributed by atoms with Crippen LogP contribution in [0, 0.1) is 5.92 Å². The summed E-state index contributed by atoms with van der Waals surface area (Å²) in [5.74, 6) is 0.780. The average Bonchev–Trinajstić information content (AvgIpc) is 3.13. The molecule has 234 valence electrons. The highest BCUT2D eigenvalue weighted by Crippen LogP contribution is 2.51. The first-order chi connectivity index (χ1) is 19.9.